The van der Waals surface area contributed by atoms with Crippen LogP contribution in [0.25, 0.3) is 10.2 Å². The van der Waals surface area contributed by atoms with Crippen LogP contribution in [0.3, 0.4) is 0 Å². The Morgan fingerprint density at radius 1 is 1.06 bits per heavy atom. The Labute approximate surface area is 182 Å². The van der Waals surface area contributed by atoms with Gasteiger partial charge in [0.2, 0.25) is 5.91 Å². The van der Waals surface area contributed by atoms with E-state index >= 15 is 0 Å². The van der Waals surface area contributed by atoms with Crippen LogP contribution in [0.15, 0.2) is 36.0 Å². The summed E-state index contributed by atoms with van der Waals surface area (Å²) in [4.78, 5) is 25.6. The lowest BCUT2D eigenvalue weighted by Gasteiger charge is -2.38. The van der Waals surface area contributed by atoms with E-state index < -0.39 is 17.0 Å². The van der Waals surface area contributed by atoms with Gasteiger partial charge in [-0.15, -0.1) is 11.3 Å². The van der Waals surface area contributed by atoms with Gasteiger partial charge >= 0.3 is 0 Å². The molecule has 3 aromatic rings. The zero-order valence-corrected chi connectivity index (χ0v) is 17.6. The number of thiophene rings is 1. The minimum absolute atomic E-state index is 0.0858. The maximum Gasteiger partial charge on any atom is 0.245 e. The summed E-state index contributed by atoms with van der Waals surface area (Å²) in [5.41, 5.74) is 0.0886. The molecule has 0 N–H and O–H groups in total. The second-order valence-corrected chi connectivity index (χ2v) is 9.54. The molecule has 9 heteroatoms. The Kier molecular flexibility index (Phi) is 4.26. The van der Waals surface area contributed by atoms with Gasteiger partial charge in [0.25, 0.3) is 0 Å². The van der Waals surface area contributed by atoms with Crippen LogP contribution in [0, 0.1) is 17.0 Å². The maximum absolute atomic E-state index is 13.8. The van der Waals surface area contributed by atoms with E-state index in [2.05, 4.69) is 19.9 Å². The first-order chi connectivity index (χ1) is 15.0. The number of carbonyl (C=O) groups excluding carboxylic acids is 1. The fraction of sp³-hybridized carbons (Fsp3) is 0.409. The van der Waals surface area contributed by atoms with Crippen LogP contribution in [0.1, 0.15) is 30.9 Å². The number of rotatable bonds is 2. The Bertz CT molecular complexity index is 1160. The third-order valence-corrected chi connectivity index (χ3v) is 7.76. The number of halogens is 2. The predicted molar refractivity (Wildman–Crippen MR) is 113 cm³/mol. The summed E-state index contributed by atoms with van der Waals surface area (Å²) in [6, 6.07) is 5.31. The molecule has 1 atom stereocenters. The Hall–Kier alpha value is -2.65. The number of piperidine rings is 1. The van der Waals surface area contributed by atoms with Crippen LogP contribution in [0.4, 0.5) is 14.6 Å². The average molecular weight is 442 g/mol. The van der Waals surface area contributed by atoms with Crippen LogP contribution < -0.4 is 4.90 Å². The fourth-order valence-electron chi connectivity index (χ4n) is 5.41. The highest BCUT2D eigenvalue weighted by atomic mass is 32.1. The van der Waals surface area contributed by atoms with E-state index in [1.54, 1.807) is 22.7 Å². The zero-order chi connectivity index (χ0) is 21.2. The number of fused-ring (bicyclic) bond motifs is 2. The van der Waals surface area contributed by atoms with E-state index in [9.17, 15) is 13.6 Å². The second kappa shape index (κ2) is 6.93. The van der Waals surface area contributed by atoms with Gasteiger partial charge in [-0.1, -0.05) is 0 Å². The van der Waals surface area contributed by atoms with Crippen LogP contribution in [0.5, 0.6) is 0 Å². The number of hydrogen-bond donors (Lipinski definition) is 0. The van der Waals surface area contributed by atoms with E-state index in [0.717, 1.165) is 54.6 Å². The van der Waals surface area contributed by atoms with E-state index in [1.165, 1.54) is 12.1 Å². The normalized spacial score (nSPS) is 23.3. The first kappa shape index (κ1) is 19.1. The summed E-state index contributed by atoms with van der Waals surface area (Å²) in [5.74, 6) is -0.191. The molecule has 0 aliphatic carbocycles. The summed E-state index contributed by atoms with van der Waals surface area (Å²) in [6.07, 6.45) is 3.76. The lowest BCUT2D eigenvalue weighted by molar-refractivity contribution is -0.143. The smallest absolute Gasteiger partial charge is 0.245 e. The Morgan fingerprint density at radius 2 is 1.84 bits per heavy atom. The van der Waals surface area contributed by atoms with Crippen LogP contribution in [-0.4, -0.2) is 52.1 Å². The molecule has 160 valence electrons. The van der Waals surface area contributed by atoms with E-state index in [-0.39, 0.29) is 11.9 Å². The van der Waals surface area contributed by atoms with Gasteiger partial charge in [-0.3, -0.25) is 9.80 Å². The van der Waals surface area contributed by atoms with Crippen molar-refractivity contribution in [1.82, 2.24) is 20.0 Å². The average Bonchev–Trinajstić information content (AvgIpc) is 3.45. The standard InChI is InChI=1S/C22H21F2N5OS/c23-15-9-14(10-16(24)11-15)18-1-5-28-12-22(21(30)29(18)28)3-6-27(7-4-22)19-17-2-8-31-20(17)26-13-25-19/h2,8-11,13,18H,1,3-7,12H2/t18-/m0/s1. The van der Waals surface area contributed by atoms with Crippen molar-refractivity contribution in [2.45, 2.75) is 25.3 Å². The summed E-state index contributed by atoms with van der Waals surface area (Å²) in [6.45, 7) is 2.89. The molecule has 2 aromatic heterocycles. The summed E-state index contributed by atoms with van der Waals surface area (Å²) in [5, 5.41) is 6.92. The lowest BCUT2D eigenvalue weighted by atomic mass is 9.77. The first-order valence-corrected chi connectivity index (χ1v) is 11.4. The molecule has 5 heterocycles. The molecule has 3 saturated heterocycles. The number of benzene rings is 1. The van der Waals surface area contributed by atoms with Gasteiger partial charge in [-0.25, -0.2) is 23.8 Å². The molecule has 1 amide bonds. The first-order valence-electron chi connectivity index (χ1n) is 10.5. The number of anilines is 1. The van der Waals surface area contributed by atoms with Crippen molar-refractivity contribution in [3.05, 3.63) is 53.2 Å². The SMILES string of the molecule is O=C1N2[C@H](c3cc(F)cc(F)c3)CCN2CC12CCN(c1ncnc3sccc13)CC2. The van der Waals surface area contributed by atoms with Crippen molar-refractivity contribution in [3.8, 4) is 0 Å². The predicted octanol–water partition coefficient (Wildman–Crippen LogP) is 3.76. The van der Waals surface area contributed by atoms with Gasteiger partial charge in [0, 0.05) is 32.2 Å². The molecule has 1 spiro atoms. The minimum atomic E-state index is -0.604. The molecule has 0 unspecified atom stereocenters. The third kappa shape index (κ3) is 2.94. The Balaban J connectivity index is 1.24. The van der Waals surface area contributed by atoms with Gasteiger partial charge in [-0.2, -0.15) is 0 Å². The topological polar surface area (TPSA) is 52.6 Å². The number of nitrogens with zero attached hydrogens (tertiary/aromatic N) is 5. The van der Waals surface area contributed by atoms with Crippen LogP contribution in [0.2, 0.25) is 0 Å². The van der Waals surface area contributed by atoms with Gasteiger partial charge in [-0.05, 0) is 48.4 Å². The lowest BCUT2D eigenvalue weighted by Crippen LogP contribution is -2.46. The van der Waals surface area contributed by atoms with Crippen molar-refractivity contribution in [1.29, 1.82) is 0 Å². The third-order valence-electron chi connectivity index (χ3n) is 6.94. The van der Waals surface area contributed by atoms with Gasteiger partial charge < -0.3 is 4.90 Å². The van der Waals surface area contributed by atoms with Crippen LogP contribution >= 0.6 is 11.3 Å². The second-order valence-electron chi connectivity index (χ2n) is 8.65. The summed E-state index contributed by atoms with van der Waals surface area (Å²) in [7, 11) is 0. The largest absolute Gasteiger partial charge is 0.356 e. The molecule has 31 heavy (non-hydrogen) atoms. The summed E-state index contributed by atoms with van der Waals surface area (Å²) < 4.78 is 27.6. The van der Waals surface area contributed by atoms with Crippen molar-refractivity contribution < 1.29 is 13.6 Å². The Morgan fingerprint density at radius 3 is 2.61 bits per heavy atom. The molecule has 0 radical (unpaired) electrons. The highest BCUT2D eigenvalue weighted by Gasteiger charge is 2.56. The van der Waals surface area contributed by atoms with Crippen LogP contribution in [-0.2, 0) is 4.79 Å². The van der Waals surface area contributed by atoms with Crippen molar-refractivity contribution >= 4 is 33.3 Å². The fourth-order valence-corrected chi connectivity index (χ4v) is 6.13. The number of aromatic nitrogens is 2. The van der Waals surface area contributed by atoms with Gasteiger partial charge in [0.15, 0.2) is 0 Å². The quantitative estimate of drug-likeness (QED) is 0.606. The number of hydrazine groups is 1. The van der Waals surface area contributed by atoms with Gasteiger partial charge in [0.1, 0.15) is 28.6 Å². The van der Waals surface area contributed by atoms with Crippen molar-refractivity contribution in [2.24, 2.45) is 5.41 Å². The molecule has 0 saturated carbocycles. The van der Waals surface area contributed by atoms with Gasteiger partial charge in [0.05, 0.1) is 16.8 Å². The molecule has 3 aliphatic rings. The van der Waals surface area contributed by atoms with Crippen molar-refractivity contribution in [3.63, 3.8) is 0 Å². The minimum Gasteiger partial charge on any atom is -0.356 e. The molecular weight excluding hydrogens is 420 g/mol. The maximum atomic E-state index is 13.8. The molecule has 0 bridgehead atoms. The molecule has 6 nitrogen and oxygen atoms in total. The summed E-state index contributed by atoms with van der Waals surface area (Å²) >= 11 is 1.60. The highest BCUT2D eigenvalue weighted by molar-refractivity contribution is 7.16. The number of amides is 1. The zero-order valence-electron chi connectivity index (χ0n) is 16.8. The number of carbonyl (C=O) groups is 1. The monoisotopic (exact) mass is 441 g/mol. The van der Waals surface area contributed by atoms with Crippen molar-refractivity contribution in [2.75, 3.05) is 31.1 Å². The molecule has 3 aliphatic heterocycles. The molecule has 3 fully saturated rings. The highest BCUT2D eigenvalue weighted by Crippen LogP contribution is 2.47. The van der Waals surface area contributed by atoms with E-state index in [4.69, 9.17) is 0 Å². The molecule has 1 aromatic carbocycles. The van der Waals surface area contributed by atoms with E-state index in [1.807, 2.05) is 11.4 Å². The van der Waals surface area contributed by atoms with E-state index in [0.29, 0.717) is 18.5 Å². The number of hydrogen-bond acceptors (Lipinski definition) is 6. The molecule has 6 rings (SSSR count). The molecular formula is C22H21F2N5OS.